The smallest absolute Gasteiger partial charge is 0.150 e. The quantitative estimate of drug-likeness (QED) is 0.660. The fraction of sp³-hybridized carbons (Fsp3) is 0.667. The highest BCUT2D eigenvalue weighted by atomic mass is 16.5. The van der Waals surface area contributed by atoms with Gasteiger partial charge < -0.3 is 14.7 Å². The van der Waals surface area contributed by atoms with E-state index in [1.807, 2.05) is 6.07 Å². The second-order valence-electron chi connectivity index (χ2n) is 3.31. The van der Waals surface area contributed by atoms with E-state index < -0.39 is 0 Å². The van der Waals surface area contributed by atoms with Crippen molar-refractivity contribution in [3.8, 4) is 0 Å². The fourth-order valence-electron chi connectivity index (χ4n) is 1.07. The van der Waals surface area contributed by atoms with Crippen LogP contribution in [0.2, 0.25) is 0 Å². The summed E-state index contributed by atoms with van der Waals surface area (Å²) in [7, 11) is 4.16. The summed E-state index contributed by atoms with van der Waals surface area (Å²) in [6.07, 6.45) is 2.82. The molecular weight excluding hydrogens is 166 g/mol. The lowest BCUT2D eigenvalue weighted by atomic mass is 10.4. The molecule has 0 bridgehead atoms. The molecule has 0 radical (unpaired) electrons. The van der Waals surface area contributed by atoms with Gasteiger partial charge in [0.1, 0.15) is 5.76 Å². The van der Waals surface area contributed by atoms with Crippen molar-refractivity contribution in [1.29, 1.82) is 0 Å². The van der Waals surface area contributed by atoms with E-state index in [0.717, 1.165) is 31.8 Å². The molecule has 13 heavy (non-hydrogen) atoms. The number of rotatable bonds is 6. The van der Waals surface area contributed by atoms with Crippen LogP contribution in [0, 0.1) is 0 Å². The van der Waals surface area contributed by atoms with Crippen molar-refractivity contribution in [2.75, 3.05) is 27.2 Å². The van der Waals surface area contributed by atoms with Crippen molar-refractivity contribution >= 4 is 0 Å². The standard InChI is InChI=1S/C9H17N3O/c1-12(2)7-3-5-10-8-9-4-6-11-13-9/h4,6,10H,3,5,7-8H2,1-2H3. The molecule has 0 saturated carbocycles. The zero-order valence-electron chi connectivity index (χ0n) is 8.29. The van der Waals surface area contributed by atoms with Gasteiger partial charge in [0, 0.05) is 6.07 Å². The summed E-state index contributed by atoms with van der Waals surface area (Å²) in [6.45, 7) is 2.90. The Morgan fingerprint density at radius 1 is 1.54 bits per heavy atom. The van der Waals surface area contributed by atoms with E-state index in [9.17, 15) is 0 Å². The molecule has 1 aromatic heterocycles. The van der Waals surface area contributed by atoms with E-state index in [1.54, 1.807) is 6.20 Å². The molecule has 1 rings (SSSR count). The van der Waals surface area contributed by atoms with Crippen molar-refractivity contribution in [2.45, 2.75) is 13.0 Å². The third-order valence-electron chi connectivity index (χ3n) is 1.75. The Bertz CT molecular complexity index is 209. The zero-order chi connectivity index (χ0) is 9.52. The minimum atomic E-state index is 0.771. The highest BCUT2D eigenvalue weighted by Crippen LogP contribution is 1.94. The lowest BCUT2D eigenvalue weighted by Gasteiger charge is -2.08. The van der Waals surface area contributed by atoms with Gasteiger partial charge in [-0.3, -0.25) is 0 Å². The van der Waals surface area contributed by atoms with Gasteiger partial charge in [-0.2, -0.15) is 0 Å². The van der Waals surface area contributed by atoms with E-state index >= 15 is 0 Å². The van der Waals surface area contributed by atoms with Gasteiger partial charge in [-0.15, -0.1) is 0 Å². The summed E-state index contributed by atoms with van der Waals surface area (Å²) in [4.78, 5) is 2.18. The first kappa shape index (κ1) is 10.2. The van der Waals surface area contributed by atoms with Gasteiger partial charge in [-0.25, -0.2) is 0 Å². The Morgan fingerprint density at radius 2 is 2.38 bits per heavy atom. The highest BCUT2D eigenvalue weighted by Gasteiger charge is 1.95. The van der Waals surface area contributed by atoms with Gasteiger partial charge in [0.2, 0.25) is 0 Å². The first-order chi connectivity index (χ1) is 6.29. The van der Waals surface area contributed by atoms with Crippen molar-refractivity contribution in [2.24, 2.45) is 0 Å². The van der Waals surface area contributed by atoms with Crippen LogP contribution in [0.4, 0.5) is 0 Å². The maximum absolute atomic E-state index is 4.94. The third-order valence-corrected chi connectivity index (χ3v) is 1.75. The predicted molar refractivity (Wildman–Crippen MR) is 51.4 cm³/mol. The average molecular weight is 183 g/mol. The molecule has 0 aliphatic heterocycles. The van der Waals surface area contributed by atoms with Gasteiger partial charge in [-0.05, 0) is 33.6 Å². The highest BCUT2D eigenvalue weighted by molar-refractivity contribution is 4.91. The summed E-state index contributed by atoms with van der Waals surface area (Å²) < 4.78 is 4.94. The van der Waals surface area contributed by atoms with Crippen molar-refractivity contribution in [3.05, 3.63) is 18.0 Å². The Labute approximate surface area is 78.9 Å². The van der Waals surface area contributed by atoms with Crippen LogP contribution in [0.25, 0.3) is 0 Å². The second-order valence-corrected chi connectivity index (χ2v) is 3.31. The van der Waals surface area contributed by atoms with Crippen LogP contribution in [-0.2, 0) is 6.54 Å². The van der Waals surface area contributed by atoms with Crippen LogP contribution in [-0.4, -0.2) is 37.2 Å². The van der Waals surface area contributed by atoms with Crippen LogP contribution in [0.15, 0.2) is 16.8 Å². The van der Waals surface area contributed by atoms with E-state index in [4.69, 9.17) is 4.52 Å². The average Bonchev–Trinajstić information content (AvgIpc) is 2.55. The fourth-order valence-corrected chi connectivity index (χ4v) is 1.07. The number of aromatic nitrogens is 1. The first-order valence-electron chi connectivity index (χ1n) is 4.54. The van der Waals surface area contributed by atoms with Gasteiger partial charge in [0.25, 0.3) is 0 Å². The van der Waals surface area contributed by atoms with E-state index in [-0.39, 0.29) is 0 Å². The second kappa shape index (κ2) is 5.72. The molecule has 0 aliphatic carbocycles. The topological polar surface area (TPSA) is 41.3 Å². The Kier molecular flexibility index (Phi) is 4.49. The van der Waals surface area contributed by atoms with E-state index in [2.05, 4.69) is 29.5 Å². The van der Waals surface area contributed by atoms with Gasteiger partial charge in [0.05, 0.1) is 12.7 Å². The Balaban J connectivity index is 1.96. The summed E-state index contributed by atoms with van der Waals surface area (Å²) in [5.74, 6) is 0.893. The van der Waals surface area contributed by atoms with Crippen molar-refractivity contribution < 1.29 is 4.52 Å². The maximum Gasteiger partial charge on any atom is 0.150 e. The molecule has 0 atom stereocenters. The van der Waals surface area contributed by atoms with Crippen LogP contribution >= 0.6 is 0 Å². The van der Waals surface area contributed by atoms with E-state index in [1.165, 1.54) is 0 Å². The van der Waals surface area contributed by atoms with Crippen LogP contribution in [0.3, 0.4) is 0 Å². The largest absolute Gasteiger partial charge is 0.360 e. The predicted octanol–water partition coefficient (Wildman–Crippen LogP) is 0.716. The van der Waals surface area contributed by atoms with Gasteiger partial charge in [0.15, 0.2) is 0 Å². The summed E-state index contributed by atoms with van der Waals surface area (Å²) >= 11 is 0. The monoisotopic (exact) mass is 183 g/mol. The molecular formula is C9H17N3O. The lowest BCUT2D eigenvalue weighted by molar-refractivity contribution is 0.364. The zero-order valence-corrected chi connectivity index (χ0v) is 8.29. The Morgan fingerprint density at radius 3 is 3.00 bits per heavy atom. The number of hydrogen-bond acceptors (Lipinski definition) is 4. The number of nitrogens with zero attached hydrogens (tertiary/aromatic N) is 2. The number of nitrogens with one attached hydrogen (secondary N) is 1. The molecule has 0 amide bonds. The molecule has 1 N–H and O–H groups in total. The first-order valence-corrected chi connectivity index (χ1v) is 4.54. The van der Waals surface area contributed by atoms with Crippen LogP contribution < -0.4 is 5.32 Å². The normalized spacial score (nSPS) is 11.0. The minimum absolute atomic E-state index is 0.771. The molecule has 1 heterocycles. The summed E-state index contributed by atoms with van der Waals surface area (Å²) in [5, 5.41) is 6.91. The van der Waals surface area contributed by atoms with E-state index in [0.29, 0.717) is 0 Å². The van der Waals surface area contributed by atoms with Crippen molar-refractivity contribution in [1.82, 2.24) is 15.4 Å². The molecule has 0 saturated heterocycles. The molecule has 0 fully saturated rings. The van der Waals surface area contributed by atoms with Crippen molar-refractivity contribution in [3.63, 3.8) is 0 Å². The van der Waals surface area contributed by atoms with Crippen LogP contribution in [0.5, 0.6) is 0 Å². The molecule has 0 aliphatic rings. The summed E-state index contributed by atoms with van der Waals surface area (Å²) in [6, 6.07) is 1.87. The van der Waals surface area contributed by atoms with Crippen LogP contribution in [0.1, 0.15) is 12.2 Å². The molecule has 0 aromatic carbocycles. The minimum Gasteiger partial charge on any atom is -0.360 e. The molecule has 1 aromatic rings. The third kappa shape index (κ3) is 4.65. The lowest BCUT2D eigenvalue weighted by Crippen LogP contribution is -2.20. The molecule has 4 heteroatoms. The number of hydrogen-bond donors (Lipinski definition) is 1. The van der Waals surface area contributed by atoms with Gasteiger partial charge >= 0.3 is 0 Å². The molecule has 74 valence electrons. The molecule has 4 nitrogen and oxygen atoms in total. The van der Waals surface area contributed by atoms with Gasteiger partial charge in [-0.1, -0.05) is 5.16 Å². The molecule has 0 spiro atoms. The maximum atomic E-state index is 4.94. The summed E-state index contributed by atoms with van der Waals surface area (Å²) in [5.41, 5.74) is 0. The Hall–Kier alpha value is -0.870. The molecule has 0 unspecified atom stereocenters. The SMILES string of the molecule is CN(C)CCCNCc1ccno1.